The van der Waals surface area contributed by atoms with Crippen LogP contribution < -0.4 is 11.1 Å². The SMILES string of the molecule is Cc1ccc(F)c(C(=O)NCC2CC(C(N)=O)=NO2)c1. The van der Waals surface area contributed by atoms with Gasteiger partial charge in [0.25, 0.3) is 11.8 Å². The third-order valence-corrected chi connectivity index (χ3v) is 2.87. The van der Waals surface area contributed by atoms with Gasteiger partial charge in [-0.3, -0.25) is 9.59 Å². The van der Waals surface area contributed by atoms with Gasteiger partial charge >= 0.3 is 0 Å². The van der Waals surface area contributed by atoms with Gasteiger partial charge in [0, 0.05) is 6.42 Å². The summed E-state index contributed by atoms with van der Waals surface area (Å²) >= 11 is 0. The van der Waals surface area contributed by atoms with Gasteiger partial charge < -0.3 is 15.9 Å². The van der Waals surface area contributed by atoms with Gasteiger partial charge in [0.1, 0.15) is 11.5 Å². The summed E-state index contributed by atoms with van der Waals surface area (Å²) in [5.74, 6) is -1.78. The molecule has 0 saturated carbocycles. The zero-order chi connectivity index (χ0) is 14.7. The van der Waals surface area contributed by atoms with Crippen molar-refractivity contribution in [1.82, 2.24) is 5.32 Å². The van der Waals surface area contributed by atoms with E-state index in [2.05, 4.69) is 10.5 Å². The zero-order valence-corrected chi connectivity index (χ0v) is 10.9. The molecule has 2 amide bonds. The Kier molecular flexibility index (Phi) is 3.97. The summed E-state index contributed by atoms with van der Waals surface area (Å²) in [6.07, 6.45) is -0.236. The molecule has 1 aromatic rings. The molecule has 1 atom stereocenters. The molecular weight excluding hydrogens is 265 g/mol. The maximum atomic E-state index is 13.5. The molecule has 3 N–H and O–H groups in total. The highest BCUT2D eigenvalue weighted by Crippen LogP contribution is 2.12. The standard InChI is InChI=1S/C13H14FN3O3/c1-7-2-3-10(14)9(4-7)13(19)16-6-8-5-11(12(15)18)17-20-8/h2-4,8H,5-6H2,1H3,(H2,15,18)(H,16,19). The molecule has 2 rings (SSSR count). The molecule has 1 unspecified atom stereocenters. The number of rotatable bonds is 4. The lowest BCUT2D eigenvalue weighted by atomic mass is 10.1. The van der Waals surface area contributed by atoms with E-state index in [1.807, 2.05) is 0 Å². The van der Waals surface area contributed by atoms with E-state index in [-0.39, 0.29) is 24.2 Å². The molecule has 0 spiro atoms. The lowest BCUT2D eigenvalue weighted by Gasteiger charge is -2.10. The summed E-state index contributed by atoms with van der Waals surface area (Å²) in [6.45, 7) is 1.88. The smallest absolute Gasteiger partial charge is 0.266 e. The first-order chi connectivity index (χ1) is 9.47. The molecule has 20 heavy (non-hydrogen) atoms. The minimum Gasteiger partial charge on any atom is -0.390 e. The number of nitrogens with two attached hydrogens (primary N) is 1. The van der Waals surface area contributed by atoms with Crippen LogP contribution in [0.1, 0.15) is 22.3 Å². The van der Waals surface area contributed by atoms with Crippen molar-refractivity contribution in [3.63, 3.8) is 0 Å². The normalized spacial score (nSPS) is 17.3. The topological polar surface area (TPSA) is 93.8 Å². The fourth-order valence-corrected chi connectivity index (χ4v) is 1.80. The van der Waals surface area contributed by atoms with Crippen molar-refractivity contribution < 1.29 is 18.8 Å². The van der Waals surface area contributed by atoms with Gasteiger partial charge in [0.2, 0.25) is 0 Å². The van der Waals surface area contributed by atoms with Crippen LogP contribution in [0.15, 0.2) is 23.4 Å². The van der Waals surface area contributed by atoms with Crippen molar-refractivity contribution in [2.45, 2.75) is 19.4 Å². The number of carbonyl (C=O) groups is 2. The number of oxime groups is 1. The molecule has 6 nitrogen and oxygen atoms in total. The van der Waals surface area contributed by atoms with Crippen molar-refractivity contribution in [3.05, 3.63) is 35.1 Å². The molecule has 7 heteroatoms. The van der Waals surface area contributed by atoms with E-state index in [1.54, 1.807) is 13.0 Å². The fourth-order valence-electron chi connectivity index (χ4n) is 1.80. The second-order valence-electron chi connectivity index (χ2n) is 4.53. The van der Waals surface area contributed by atoms with Crippen LogP contribution in [0.5, 0.6) is 0 Å². The summed E-state index contributed by atoms with van der Waals surface area (Å²) in [5, 5.41) is 6.05. The van der Waals surface area contributed by atoms with Gasteiger partial charge in [0.15, 0.2) is 6.10 Å². The number of carbonyl (C=O) groups excluding carboxylic acids is 2. The van der Waals surface area contributed by atoms with Gasteiger partial charge in [-0.2, -0.15) is 0 Å². The summed E-state index contributed by atoms with van der Waals surface area (Å²) < 4.78 is 13.5. The van der Waals surface area contributed by atoms with Crippen LogP contribution in [0.4, 0.5) is 4.39 Å². The lowest BCUT2D eigenvalue weighted by Crippen LogP contribution is -2.33. The van der Waals surface area contributed by atoms with E-state index in [9.17, 15) is 14.0 Å². The van der Waals surface area contributed by atoms with Gasteiger partial charge in [-0.1, -0.05) is 16.8 Å². The number of primary amides is 1. The Hall–Kier alpha value is -2.44. The molecular formula is C13H14FN3O3. The number of hydrogen-bond acceptors (Lipinski definition) is 4. The molecule has 1 aliphatic heterocycles. The van der Waals surface area contributed by atoms with Crippen molar-refractivity contribution in [1.29, 1.82) is 0 Å². The maximum Gasteiger partial charge on any atom is 0.266 e. The molecule has 1 aromatic carbocycles. The Labute approximate surface area is 114 Å². The largest absolute Gasteiger partial charge is 0.390 e. The number of halogens is 1. The average Bonchev–Trinajstić information content (AvgIpc) is 2.88. The third kappa shape index (κ3) is 3.11. The maximum absolute atomic E-state index is 13.5. The van der Waals surface area contributed by atoms with Gasteiger partial charge in [0.05, 0.1) is 12.1 Å². The van der Waals surface area contributed by atoms with E-state index in [4.69, 9.17) is 10.6 Å². The van der Waals surface area contributed by atoms with Crippen LogP contribution in [0.25, 0.3) is 0 Å². The average molecular weight is 279 g/mol. The lowest BCUT2D eigenvalue weighted by molar-refractivity contribution is -0.112. The Bertz CT molecular complexity index is 586. The van der Waals surface area contributed by atoms with Crippen molar-refractivity contribution in [2.75, 3.05) is 6.54 Å². The Morgan fingerprint density at radius 3 is 2.95 bits per heavy atom. The highest BCUT2D eigenvalue weighted by atomic mass is 19.1. The predicted octanol–water partition coefficient (Wildman–Crippen LogP) is 0.494. The first kappa shape index (κ1) is 14.0. The Morgan fingerprint density at radius 2 is 2.30 bits per heavy atom. The highest BCUT2D eigenvalue weighted by Gasteiger charge is 2.25. The van der Waals surface area contributed by atoms with Crippen LogP contribution in [0, 0.1) is 12.7 Å². The van der Waals surface area contributed by atoms with Crippen LogP contribution >= 0.6 is 0 Å². The zero-order valence-electron chi connectivity index (χ0n) is 10.9. The number of nitrogens with zero attached hydrogens (tertiary/aromatic N) is 1. The summed E-state index contributed by atoms with van der Waals surface area (Å²) in [4.78, 5) is 27.7. The first-order valence-electron chi connectivity index (χ1n) is 6.04. The Morgan fingerprint density at radius 1 is 1.55 bits per heavy atom. The summed E-state index contributed by atoms with van der Waals surface area (Å²) in [6, 6.07) is 4.29. The van der Waals surface area contributed by atoms with Crippen molar-refractivity contribution >= 4 is 17.5 Å². The van der Waals surface area contributed by atoms with E-state index in [0.717, 1.165) is 5.56 Å². The molecule has 0 saturated heterocycles. The van der Waals surface area contributed by atoms with Crippen LogP contribution in [-0.4, -0.2) is 30.2 Å². The molecule has 1 heterocycles. The number of hydrogen-bond donors (Lipinski definition) is 2. The minimum absolute atomic E-state index is 0.0287. The summed E-state index contributed by atoms with van der Waals surface area (Å²) in [7, 11) is 0. The van der Waals surface area contributed by atoms with Gasteiger partial charge in [-0.15, -0.1) is 0 Å². The second kappa shape index (κ2) is 5.68. The monoisotopic (exact) mass is 279 g/mol. The first-order valence-corrected chi connectivity index (χ1v) is 6.04. The van der Waals surface area contributed by atoms with E-state index in [1.165, 1.54) is 12.1 Å². The fraction of sp³-hybridized carbons (Fsp3) is 0.308. The van der Waals surface area contributed by atoms with Crippen LogP contribution in [-0.2, 0) is 9.63 Å². The number of amides is 2. The number of benzene rings is 1. The number of aryl methyl sites for hydroxylation is 1. The number of nitrogens with one attached hydrogen (secondary N) is 1. The molecule has 0 aliphatic carbocycles. The molecule has 0 aromatic heterocycles. The molecule has 0 fully saturated rings. The van der Waals surface area contributed by atoms with Gasteiger partial charge in [-0.25, -0.2) is 4.39 Å². The van der Waals surface area contributed by atoms with Crippen LogP contribution in [0.2, 0.25) is 0 Å². The van der Waals surface area contributed by atoms with E-state index in [0.29, 0.717) is 0 Å². The third-order valence-electron chi connectivity index (χ3n) is 2.87. The van der Waals surface area contributed by atoms with E-state index >= 15 is 0 Å². The molecule has 1 aliphatic rings. The van der Waals surface area contributed by atoms with Crippen LogP contribution in [0.3, 0.4) is 0 Å². The van der Waals surface area contributed by atoms with E-state index < -0.39 is 23.7 Å². The highest BCUT2D eigenvalue weighted by molar-refractivity contribution is 6.38. The molecule has 0 radical (unpaired) electrons. The van der Waals surface area contributed by atoms with Crippen molar-refractivity contribution in [3.8, 4) is 0 Å². The molecule has 0 bridgehead atoms. The second-order valence-corrected chi connectivity index (χ2v) is 4.53. The Balaban J connectivity index is 1.91. The molecule has 106 valence electrons. The quantitative estimate of drug-likeness (QED) is 0.840. The van der Waals surface area contributed by atoms with Gasteiger partial charge in [-0.05, 0) is 19.1 Å². The van der Waals surface area contributed by atoms with Crippen molar-refractivity contribution in [2.24, 2.45) is 10.9 Å². The minimum atomic E-state index is -0.649. The summed E-state index contributed by atoms with van der Waals surface area (Å²) in [5.41, 5.74) is 5.94. The predicted molar refractivity (Wildman–Crippen MR) is 69.6 cm³/mol.